The normalized spacial score (nSPS) is 11.2. The summed E-state index contributed by atoms with van der Waals surface area (Å²) in [6.45, 7) is 4.23. The van der Waals surface area contributed by atoms with Crippen molar-refractivity contribution in [3.8, 4) is 0 Å². The second-order valence-corrected chi connectivity index (χ2v) is 5.91. The van der Waals surface area contributed by atoms with Crippen LogP contribution >= 0.6 is 31.9 Å². The van der Waals surface area contributed by atoms with Crippen molar-refractivity contribution < 1.29 is 4.52 Å². The molecule has 0 spiro atoms. The van der Waals surface area contributed by atoms with Gasteiger partial charge in [-0.3, -0.25) is 4.79 Å². The highest BCUT2D eigenvalue weighted by molar-refractivity contribution is 9.11. The molecular weight excluding hydrogens is 366 g/mol. The molecule has 0 unspecified atom stereocenters. The van der Waals surface area contributed by atoms with E-state index in [9.17, 15) is 4.79 Å². The fourth-order valence-electron chi connectivity index (χ4n) is 1.40. The summed E-state index contributed by atoms with van der Waals surface area (Å²) < 4.78 is 7.91. The molecule has 0 fully saturated rings. The van der Waals surface area contributed by atoms with Gasteiger partial charge in [0, 0.05) is 16.6 Å². The predicted octanol–water partition coefficient (Wildman–Crippen LogP) is 2.93. The van der Waals surface area contributed by atoms with Crippen LogP contribution in [-0.4, -0.2) is 14.7 Å². The average molecular weight is 377 g/mol. The van der Waals surface area contributed by atoms with Crippen LogP contribution in [0.2, 0.25) is 0 Å². The molecule has 0 radical (unpaired) electrons. The lowest BCUT2D eigenvalue weighted by atomic mass is 10.2. The first-order chi connectivity index (χ1) is 8.47. The van der Waals surface area contributed by atoms with Gasteiger partial charge in [-0.25, -0.2) is 0 Å². The van der Waals surface area contributed by atoms with Gasteiger partial charge in [-0.1, -0.05) is 19.0 Å². The number of nitrogens with zero attached hydrogens (tertiary/aromatic N) is 3. The standard InChI is InChI=1S/C11H11Br2N3O2/c1-6(2)10-14-9(15-18-10)5-16-4-7(12)3-8(13)11(16)17/h3-4,6H,5H2,1-2H3. The molecule has 0 atom stereocenters. The number of halogens is 2. The Labute approximate surface area is 120 Å². The van der Waals surface area contributed by atoms with Crippen LogP contribution in [0.15, 0.2) is 30.5 Å². The van der Waals surface area contributed by atoms with E-state index >= 15 is 0 Å². The Hall–Kier alpha value is -0.950. The van der Waals surface area contributed by atoms with Gasteiger partial charge in [-0.15, -0.1) is 0 Å². The van der Waals surface area contributed by atoms with Gasteiger partial charge >= 0.3 is 0 Å². The highest BCUT2D eigenvalue weighted by Crippen LogP contribution is 2.14. The third-order valence-electron chi connectivity index (χ3n) is 2.30. The molecule has 2 aromatic rings. The lowest BCUT2D eigenvalue weighted by Gasteiger charge is -2.03. The van der Waals surface area contributed by atoms with Crippen molar-refractivity contribution in [3.05, 3.63) is 43.3 Å². The highest BCUT2D eigenvalue weighted by Gasteiger charge is 2.11. The molecule has 18 heavy (non-hydrogen) atoms. The van der Waals surface area contributed by atoms with E-state index in [4.69, 9.17) is 4.52 Å². The van der Waals surface area contributed by atoms with Crippen molar-refractivity contribution in [2.24, 2.45) is 0 Å². The summed E-state index contributed by atoms with van der Waals surface area (Å²) in [6, 6.07) is 1.70. The lowest BCUT2D eigenvalue weighted by molar-refractivity contribution is 0.359. The number of aromatic nitrogens is 3. The second-order valence-electron chi connectivity index (χ2n) is 4.14. The zero-order chi connectivity index (χ0) is 13.3. The Balaban J connectivity index is 2.31. The summed E-state index contributed by atoms with van der Waals surface area (Å²) in [5.41, 5.74) is -0.130. The quantitative estimate of drug-likeness (QED) is 0.826. The molecule has 0 aliphatic rings. The minimum atomic E-state index is -0.130. The van der Waals surface area contributed by atoms with Crippen LogP contribution in [0.4, 0.5) is 0 Å². The topological polar surface area (TPSA) is 60.9 Å². The zero-order valence-corrected chi connectivity index (χ0v) is 13.0. The molecule has 2 rings (SSSR count). The van der Waals surface area contributed by atoms with E-state index in [1.54, 1.807) is 12.3 Å². The largest absolute Gasteiger partial charge is 0.339 e. The third kappa shape index (κ3) is 2.89. The molecule has 0 aliphatic carbocycles. The fraction of sp³-hybridized carbons (Fsp3) is 0.364. The van der Waals surface area contributed by atoms with Crippen LogP contribution in [0.1, 0.15) is 31.5 Å². The fourth-order valence-corrected chi connectivity index (χ4v) is 2.66. The van der Waals surface area contributed by atoms with Crippen molar-refractivity contribution in [1.29, 1.82) is 0 Å². The first kappa shape index (κ1) is 13.5. The van der Waals surface area contributed by atoms with E-state index in [1.807, 2.05) is 13.8 Å². The summed E-state index contributed by atoms with van der Waals surface area (Å²) in [4.78, 5) is 16.1. The van der Waals surface area contributed by atoms with Crippen LogP contribution in [0.25, 0.3) is 0 Å². The van der Waals surface area contributed by atoms with Crippen molar-refractivity contribution in [3.63, 3.8) is 0 Å². The summed E-state index contributed by atoms with van der Waals surface area (Å²) >= 11 is 6.55. The Kier molecular flexibility index (Phi) is 4.01. The molecule has 7 heteroatoms. The molecule has 0 saturated heterocycles. The molecule has 0 bridgehead atoms. The van der Waals surface area contributed by atoms with Gasteiger partial charge < -0.3 is 9.09 Å². The third-order valence-corrected chi connectivity index (χ3v) is 3.30. The zero-order valence-electron chi connectivity index (χ0n) is 9.85. The molecule has 2 aromatic heterocycles. The Morgan fingerprint density at radius 2 is 2.17 bits per heavy atom. The van der Waals surface area contributed by atoms with E-state index in [-0.39, 0.29) is 18.0 Å². The molecule has 0 aliphatic heterocycles. The van der Waals surface area contributed by atoms with Crippen molar-refractivity contribution in [1.82, 2.24) is 14.7 Å². The molecule has 96 valence electrons. The van der Waals surface area contributed by atoms with Crippen molar-refractivity contribution in [2.45, 2.75) is 26.3 Å². The Bertz CT molecular complexity index is 619. The smallest absolute Gasteiger partial charge is 0.265 e. The van der Waals surface area contributed by atoms with E-state index in [2.05, 4.69) is 42.0 Å². The maximum Gasteiger partial charge on any atom is 0.265 e. The Morgan fingerprint density at radius 1 is 1.44 bits per heavy atom. The van der Waals surface area contributed by atoms with Crippen LogP contribution in [0, 0.1) is 0 Å². The molecular formula is C11H11Br2N3O2. The van der Waals surface area contributed by atoms with Crippen LogP contribution in [0.5, 0.6) is 0 Å². The summed E-state index contributed by atoms with van der Waals surface area (Å²) in [5.74, 6) is 1.25. The maximum atomic E-state index is 11.9. The summed E-state index contributed by atoms with van der Waals surface area (Å²) in [5, 5.41) is 3.86. The number of hydrogen-bond donors (Lipinski definition) is 0. The van der Waals surface area contributed by atoms with Gasteiger partial charge in [0.25, 0.3) is 5.56 Å². The van der Waals surface area contributed by atoms with Gasteiger partial charge in [-0.05, 0) is 37.9 Å². The Morgan fingerprint density at radius 3 is 2.78 bits per heavy atom. The van der Waals surface area contributed by atoms with Crippen LogP contribution in [0.3, 0.4) is 0 Å². The summed E-state index contributed by atoms with van der Waals surface area (Å²) in [6.07, 6.45) is 1.69. The molecule has 5 nitrogen and oxygen atoms in total. The van der Waals surface area contributed by atoms with E-state index < -0.39 is 0 Å². The predicted molar refractivity (Wildman–Crippen MR) is 73.6 cm³/mol. The molecule has 0 aromatic carbocycles. The van der Waals surface area contributed by atoms with E-state index in [0.717, 1.165) is 4.47 Å². The van der Waals surface area contributed by atoms with E-state index in [1.165, 1.54) is 4.57 Å². The van der Waals surface area contributed by atoms with Gasteiger partial charge in [0.05, 0.1) is 11.0 Å². The van der Waals surface area contributed by atoms with Crippen molar-refractivity contribution >= 4 is 31.9 Å². The minimum Gasteiger partial charge on any atom is -0.339 e. The minimum absolute atomic E-state index is 0.130. The molecule has 2 heterocycles. The molecule has 0 amide bonds. The van der Waals surface area contributed by atoms with Crippen LogP contribution in [-0.2, 0) is 6.54 Å². The average Bonchev–Trinajstić information content (AvgIpc) is 2.74. The molecule has 0 N–H and O–H groups in total. The first-order valence-corrected chi connectivity index (χ1v) is 6.94. The van der Waals surface area contributed by atoms with Crippen molar-refractivity contribution in [2.75, 3.05) is 0 Å². The first-order valence-electron chi connectivity index (χ1n) is 5.35. The monoisotopic (exact) mass is 375 g/mol. The maximum absolute atomic E-state index is 11.9. The highest BCUT2D eigenvalue weighted by atomic mass is 79.9. The SMILES string of the molecule is CC(C)c1nc(Cn2cc(Br)cc(Br)c2=O)no1. The van der Waals surface area contributed by atoms with Gasteiger partial charge in [0.2, 0.25) is 5.89 Å². The summed E-state index contributed by atoms with van der Waals surface area (Å²) in [7, 11) is 0. The van der Waals surface area contributed by atoms with Crippen LogP contribution < -0.4 is 5.56 Å². The van der Waals surface area contributed by atoms with Gasteiger partial charge in [0.15, 0.2) is 5.82 Å². The second kappa shape index (κ2) is 5.36. The number of hydrogen-bond acceptors (Lipinski definition) is 4. The number of rotatable bonds is 3. The van der Waals surface area contributed by atoms with Gasteiger partial charge in [-0.2, -0.15) is 4.98 Å². The van der Waals surface area contributed by atoms with Gasteiger partial charge in [0.1, 0.15) is 0 Å². The lowest BCUT2D eigenvalue weighted by Crippen LogP contribution is -2.21. The van der Waals surface area contributed by atoms with E-state index in [0.29, 0.717) is 16.2 Å². The number of pyridine rings is 1. The molecule has 0 saturated carbocycles.